The minimum absolute atomic E-state index is 0.212. The normalized spacial score (nSPS) is 20.9. The van der Waals surface area contributed by atoms with Gasteiger partial charge in [0.05, 0.1) is 13.7 Å². The van der Waals surface area contributed by atoms with E-state index < -0.39 is 0 Å². The van der Waals surface area contributed by atoms with Crippen molar-refractivity contribution in [1.82, 2.24) is 24.6 Å². The van der Waals surface area contributed by atoms with Gasteiger partial charge >= 0.3 is 0 Å². The van der Waals surface area contributed by atoms with Crippen LogP contribution in [0.25, 0.3) is 0 Å². The summed E-state index contributed by atoms with van der Waals surface area (Å²) in [5.74, 6) is 1.84. The van der Waals surface area contributed by atoms with E-state index in [0.29, 0.717) is 17.6 Å². The lowest BCUT2D eigenvalue weighted by Gasteiger charge is -2.39. The van der Waals surface area contributed by atoms with Crippen LogP contribution in [0.5, 0.6) is 5.75 Å². The summed E-state index contributed by atoms with van der Waals surface area (Å²) >= 11 is 0. The number of nitrogens with zero attached hydrogens (tertiary/aromatic N) is 5. The molecule has 2 aliphatic heterocycles. The molecule has 1 N–H and O–H groups in total. The molecule has 0 aliphatic carbocycles. The maximum absolute atomic E-state index is 12.4. The van der Waals surface area contributed by atoms with E-state index in [0.717, 1.165) is 57.1 Å². The van der Waals surface area contributed by atoms with Gasteiger partial charge < -0.3 is 9.64 Å². The van der Waals surface area contributed by atoms with Crippen molar-refractivity contribution in [2.75, 3.05) is 45.7 Å². The molecule has 1 aromatic heterocycles. The Kier molecular flexibility index (Phi) is 5.09. The number of aryl methyl sites for hydroxylation is 1. The fraction of sp³-hybridized carbons (Fsp3) is 0.526. The standard InChI is InChI=1S/C19H26N6O2/c1-23-9-11-24(12-10-23)15-5-8-17-20-19(22-25(17)13-15)21-18(26)14-3-6-16(27-2)7-4-14/h3-4,6-7,15H,5,8-13H2,1-2H3,(H,21,22,26). The van der Waals surface area contributed by atoms with Gasteiger partial charge in [-0.3, -0.25) is 15.0 Å². The van der Waals surface area contributed by atoms with E-state index in [9.17, 15) is 4.79 Å². The first kappa shape index (κ1) is 17.9. The monoisotopic (exact) mass is 370 g/mol. The summed E-state index contributed by atoms with van der Waals surface area (Å²) in [4.78, 5) is 21.8. The number of hydrogen-bond acceptors (Lipinski definition) is 6. The number of rotatable bonds is 4. The predicted molar refractivity (Wildman–Crippen MR) is 102 cm³/mol. The number of amides is 1. The van der Waals surface area contributed by atoms with Crippen molar-refractivity contribution < 1.29 is 9.53 Å². The first-order valence-electron chi connectivity index (χ1n) is 9.44. The highest BCUT2D eigenvalue weighted by Gasteiger charge is 2.28. The van der Waals surface area contributed by atoms with Gasteiger partial charge in [-0.1, -0.05) is 0 Å². The van der Waals surface area contributed by atoms with Gasteiger partial charge in [-0.2, -0.15) is 4.98 Å². The fourth-order valence-corrected chi connectivity index (χ4v) is 3.75. The van der Waals surface area contributed by atoms with Crippen molar-refractivity contribution in [3.63, 3.8) is 0 Å². The summed E-state index contributed by atoms with van der Waals surface area (Å²) in [5, 5.41) is 7.33. The highest BCUT2D eigenvalue weighted by Crippen LogP contribution is 2.20. The number of carbonyl (C=O) groups is 1. The van der Waals surface area contributed by atoms with E-state index in [1.165, 1.54) is 0 Å². The van der Waals surface area contributed by atoms with E-state index >= 15 is 0 Å². The molecular weight excluding hydrogens is 344 g/mol. The van der Waals surface area contributed by atoms with Crippen LogP contribution in [0, 0.1) is 0 Å². The van der Waals surface area contributed by atoms with Crippen LogP contribution < -0.4 is 10.1 Å². The molecule has 0 saturated carbocycles. The number of nitrogens with one attached hydrogen (secondary N) is 1. The van der Waals surface area contributed by atoms with Crippen molar-refractivity contribution in [2.24, 2.45) is 0 Å². The lowest BCUT2D eigenvalue weighted by Crippen LogP contribution is -2.51. The topological polar surface area (TPSA) is 75.5 Å². The van der Waals surface area contributed by atoms with Gasteiger partial charge in [0.2, 0.25) is 5.95 Å². The second kappa shape index (κ2) is 7.66. The maximum atomic E-state index is 12.4. The van der Waals surface area contributed by atoms with Crippen LogP contribution in [0.1, 0.15) is 22.6 Å². The Morgan fingerprint density at radius 3 is 2.63 bits per heavy atom. The second-order valence-corrected chi connectivity index (χ2v) is 7.25. The molecule has 1 unspecified atom stereocenters. The Morgan fingerprint density at radius 2 is 1.93 bits per heavy atom. The van der Waals surface area contributed by atoms with Crippen LogP contribution >= 0.6 is 0 Å². The minimum Gasteiger partial charge on any atom is -0.497 e. The van der Waals surface area contributed by atoms with Gasteiger partial charge in [0.15, 0.2) is 0 Å². The summed E-state index contributed by atoms with van der Waals surface area (Å²) in [6.07, 6.45) is 1.98. The Hall–Kier alpha value is -2.45. The van der Waals surface area contributed by atoms with E-state index in [-0.39, 0.29) is 5.91 Å². The molecule has 1 atom stereocenters. The average Bonchev–Trinajstić information content (AvgIpc) is 3.10. The molecule has 2 aromatic rings. The molecule has 0 bridgehead atoms. The minimum atomic E-state index is -0.212. The van der Waals surface area contributed by atoms with Crippen LogP contribution in [-0.4, -0.2) is 76.8 Å². The Morgan fingerprint density at radius 1 is 1.19 bits per heavy atom. The lowest BCUT2D eigenvalue weighted by atomic mass is 10.1. The number of piperazine rings is 1. The molecule has 4 rings (SSSR count). The van der Waals surface area contributed by atoms with E-state index in [2.05, 4.69) is 32.2 Å². The van der Waals surface area contributed by atoms with Gasteiger partial charge in [-0.25, -0.2) is 4.68 Å². The molecule has 3 heterocycles. The first-order valence-corrected chi connectivity index (χ1v) is 9.44. The lowest BCUT2D eigenvalue weighted by molar-refractivity contribution is 0.0885. The summed E-state index contributed by atoms with van der Waals surface area (Å²) in [6.45, 7) is 5.27. The third-order valence-corrected chi connectivity index (χ3v) is 5.46. The van der Waals surface area contributed by atoms with Crippen LogP contribution in [-0.2, 0) is 13.0 Å². The van der Waals surface area contributed by atoms with Gasteiger partial charge in [0.25, 0.3) is 5.91 Å². The fourth-order valence-electron chi connectivity index (χ4n) is 3.75. The molecule has 2 aliphatic rings. The molecule has 0 spiro atoms. The molecule has 27 heavy (non-hydrogen) atoms. The van der Waals surface area contributed by atoms with Crippen LogP contribution in [0.4, 0.5) is 5.95 Å². The third kappa shape index (κ3) is 3.96. The van der Waals surface area contributed by atoms with Gasteiger partial charge in [0, 0.05) is 44.2 Å². The summed E-state index contributed by atoms with van der Waals surface area (Å²) in [6, 6.07) is 7.49. The van der Waals surface area contributed by atoms with Crippen molar-refractivity contribution in [2.45, 2.75) is 25.4 Å². The molecular formula is C19H26N6O2. The zero-order valence-corrected chi connectivity index (χ0v) is 15.9. The number of likely N-dealkylation sites (N-methyl/N-ethyl adjacent to an activating group) is 1. The Bertz CT molecular complexity index is 795. The van der Waals surface area contributed by atoms with Crippen molar-refractivity contribution >= 4 is 11.9 Å². The number of ether oxygens (including phenoxy) is 1. The quantitative estimate of drug-likeness (QED) is 0.869. The Labute approximate surface area is 159 Å². The highest BCUT2D eigenvalue weighted by molar-refractivity contribution is 6.03. The highest BCUT2D eigenvalue weighted by atomic mass is 16.5. The molecule has 1 amide bonds. The van der Waals surface area contributed by atoms with Crippen molar-refractivity contribution in [3.05, 3.63) is 35.7 Å². The number of methoxy groups -OCH3 is 1. The number of carbonyl (C=O) groups excluding carboxylic acids is 1. The number of anilines is 1. The number of aromatic nitrogens is 3. The van der Waals surface area contributed by atoms with Gasteiger partial charge in [0.1, 0.15) is 11.6 Å². The second-order valence-electron chi connectivity index (χ2n) is 7.25. The maximum Gasteiger partial charge on any atom is 0.258 e. The van der Waals surface area contributed by atoms with Crippen molar-refractivity contribution in [3.8, 4) is 5.75 Å². The van der Waals surface area contributed by atoms with E-state index in [1.54, 1.807) is 31.4 Å². The van der Waals surface area contributed by atoms with Crippen LogP contribution in [0.3, 0.4) is 0 Å². The predicted octanol–water partition coefficient (Wildman–Crippen LogP) is 1.10. The third-order valence-electron chi connectivity index (χ3n) is 5.46. The smallest absolute Gasteiger partial charge is 0.258 e. The molecule has 8 heteroatoms. The average molecular weight is 370 g/mol. The Balaban J connectivity index is 1.40. The zero-order chi connectivity index (χ0) is 18.8. The number of benzene rings is 1. The molecule has 1 fully saturated rings. The van der Waals surface area contributed by atoms with Crippen LogP contribution in [0.15, 0.2) is 24.3 Å². The van der Waals surface area contributed by atoms with E-state index in [1.807, 2.05) is 4.68 Å². The summed E-state index contributed by atoms with van der Waals surface area (Å²) in [7, 11) is 3.77. The molecule has 8 nitrogen and oxygen atoms in total. The number of hydrogen-bond donors (Lipinski definition) is 1. The van der Waals surface area contributed by atoms with Gasteiger partial charge in [-0.15, -0.1) is 5.10 Å². The van der Waals surface area contributed by atoms with Crippen LogP contribution in [0.2, 0.25) is 0 Å². The SMILES string of the molecule is COc1ccc(C(=O)Nc2nc3n(n2)CC(N2CCN(C)CC2)CC3)cc1. The summed E-state index contributed by atoms with van der Waals surface area (Å²) in [5.41, 5.74) is 0.555. The zero-order valence-electron chi connectivity index (χ0n) is 15.9. The summed E-state index contributed by atoms with van der Waals surface area (Å²) < 4.78 is 7.08. The molecule has 1 saturated heterocycles. The molecule has 0 radical (unpaired) electrons. The van der Waals surface area contributed by atoms with Gasteiger partial charge in [-0.05, 0) is 37.7 Å². The molecule has 1 aromatic carbocycles. The van der Waals surface area contributed by atoms with Crippen molar-refractivity contribution in [1.29, 1.82) is 0 Å². The first-order chi connectivity index (χ1) is 13.1. The largest absolute Gasteiger partial charge is 0.497 e. The van der Waals surface area contributed by atoms with E-state index in [4.69, 9.17) is 4.74 Å². The molecule has 144 valence electrons. The number of fused-ring (bicyclic) bond motifs is 1.